The summed E-state index contributed by atoms with van der Waals surface area (Å²) in [6, 6.07) is 12.8. The minimum atomic E-state index is -3.58. The zero-order valence-corrected chi connectivity index (χ0v) is 17.9. The largest absolute Gasteiger partial charge is 0.334 e. The molecule has 6 nitrogen and oxygen atoms in total. The number of hydrogen-bond acceptors (Lipinski definition) is 5. The van der Waals surface area contributed by atoms with Crippen LogP contribution in [0.3, 0.4) is 0 Å². The second-order valence-electron chi connectivity index (χ2n) is 7.31. The summed E-state index contributed by atoms with van der Waals surface area (Å²) in [5.41, 5.74) is 2.57. The Morgan fingerprint density at radius 3 is 2.52 bits per heavy atom. The third kappa shape index (κ3) is 3.82. The molecule has 1 aliphatic heterocycles. The monoisotopic (exact) mass is 431 g/mol. The van der Waals surface area contributed by atoms with Crippen LogP contribution in [0.2, 0.25) is 5.02 Å². The van der Waals surface area contributed by atoms with E-state index in [1.807, 2.05) is 31.2 Å². The van der Waals surface area contributed by atoms with Gasteiger partial charge in [-0.2, -0.15) is 9.29 Å². The molecule has 0 spiro atoms. The molecule has 0 aliphatic carbocycles. The molecule has 29 heavy (non-hydrogen) atoms. The highest BCUT2D eigenvalue weighted by atomic mass is 35.5. The van der Waals surface area contributed by atoms with Crippen LogP contribution >= 0.6 is 11.6 Å². The van der Waals surface area contributed by atoms with Crippen molar-refractivity contribution in [2.45, 2.75) is 37.5 Å². The Morgan fingerprint density at radius 1 is 1.07 bits per heavy atom. The Balaban J connectivity index is 1.49. The van der Waals surface area contributed by atoms with Crippen molar-refractivity contribution in [3.63, 3.8) is 0 Å². The first-order valence-corrected chi connectivity index (χ1v) is 11.3. The lowest BCUT2D eigenvalue weighted by molar-refractivity contribution is 0.307. The molecule has 0 radical (unpaired) electrons. The molecule has 8 heteroatoms. The fourth-order valence-corrected chi connectivity index (χ4v) is 5.63. The summed E-state index contributed by atoms with van der Waals surface area (Å²) in [5, 5.41) is 4.61. The van der Waals surface area contributed by atoms with Gasteiger partial charge < -0.3 is 4.52 Å². The molecular weight excluding hydrogens is 410 g/mol. The van der Waals surface area contributed by atoms with Crippen molar-refractivity contribution in [3.05, 3.63) is 64.4 Å². The van der Waals surface area contributed by atoms with E-state index in [0.717, 1.165) is 11.1 Å². The quantitative estimate of drug-likeness (QED) is 0.604. The molecule has 4 rings (SSSR count). The minimum Gasteiger partial charge on any atom is -0.334 e. The lowest BCUT2D eigenvalue weighted by Crippen LogP contribution is -2.38. The van der Waals surface area contributed by atoms with Gasteiger partial charge in [-0.1, -0.05) is 41.0 Å². The SMILES string of the molecule is Cc1ccccc1-c1nc(C2CCN(S(=O)(=O)c3cccc(Cl)c3C)CC2)no1. The van der Waals surface area contributed by atoms with Crippen LogP contribution in [-0.4, -0.2) is 36.0 Å². The molecule has 1 aliphatic rings. The van der Waals surface area contributed by atoms with Crippen LogP contribution in [0.15, 0.2) is 51.9 Å². The third-order valence-corrected chi connectivity index (χ3v) is 7.92. The smallest absolute Gasteiger partial charge is 0.258 e. The summed E-state index contributed by atoms with van der Waals surface area (Å²) < 4.78 is 33.1. The van der Waals surface area contributed by atoms with Crippen molar-refractivity contribution >= 4 is 21.6 Å². The fraction of sp³-hybridized carbons (Fsp3) is 0.333. The van der Waals surface area contributed by atoms with Crippen LogP contribution in [0.25, 0.3) is 11.5 Å². The standard InChI is InChI=1S/C21H22ClN3O3S/c1-14-6-3-4-7-17(14)21-23-20(24-28-21)16-10-12-25(13-11-16)29(26,27)19-9-5-8-18(22)15(19)2/h3-9,16H,10-13H2,1-2H3. The van der Waals surface area contributed by atoms with Gasteiger partial charge in [0.15, 0.2) is 5.82 Å². The van der Waals surface area contributed by atoms with Crippen LogP contribution in [-0.2, 0) is 10.0 Å². The van der Waals surface area contributed by atoms with Gasteiger partial charge in [0.25, 0.3) is 5.89 Å². The molecule has 0 N–H and O–H groups in total. The zero-order valence-electron chi connectivity index (χ0n) is 16.3. The predicted octanol–water partition coefficient (Wildman–Crippen LogP) is 4.58. The summed E-state index contributed by atoms with van der Waals surface area (Å²) >= 11 is 6.12. The number of nitrogens with zero attached hydrogens (tertiary/aromatic N) is 3. The number of aryl methyl sites for hydroxylation is 1. The van der Waals surface area contributed by atoms with E-state index in [1.165, 1.54) is 4.31 Å². The van der Waals surface area contributed by atoms with E-state index in [9.17, 15) is 8.42 Å². The second kappa shape index (κ2) is 7.89. The lowest BCUT2D eigenvalue weighted by Gasteiger charge is -2.30. The van der Waals surface area contributed by atoms with E-state index in [4.69, 9.17) is 16.1 Å². The van der Waals surface area contributed by atoms with Gasteiger partial charge in [0.2, 0.25) is 10.0 Å². The molecule has 0 saturated carbocycles. The van der Waals surface area contributed by atoms with Crippen molar-refractivity contribution in [1.82, 2.24) is 14.4 Å². The van der Waals surface area contributed by atoms with Gasteiger partial charge >= 0.3 is 0 Å². The van der Waals surface area contributed by atoms with Crippen molar-refractivity contribution in [2.24, 2.45) is 0 Å². The summed E-state index contributed by atoms with van der Waals surface area (Å²) in [5.74, 6) is 1.21. The Bertz CT molecular complexity index is 1140. The normalized spacial score (nSPS) is 16.2. The van der Waals surface area contributed by atoms with Crippen LogP contribution in [0.4, 0.5) is 0 Å². The van der Waals surface area contributed by atoms with Gasteiger partial charge in [-0.05, 0) is 56.0 Å². The van der Waals surface area contributed by atoms with E-state index < -0.39 is 10.0 Å². The molecule has 0 amide bonds. The number of benzene rings is 2. The van der Waals surface area contributed by atoms with Gasteiger partial charge in [0, 0.05) is 29.6 Å². The van der Waals surface area contributed by atoms with Crippen molar-refractivity contribution in [3.8, 4) is 11.5 Å². The number of piperidine rings is 1. The topological polar surface area (TPSA) is 76.3 Å². The highest BCUT2D eigenvalue weighted by molar-refractivity contribution is 7.89. The Morgan fingerprint density at radius 2 is 1.79 bits per heavy atom. The summed E-state index contributed by atoms with van der Waals surface area (Å²) in [6.07, 6.45) is 1.29. The van der Waals surface area contributed by atoms with Gasteiger partial charge in [-0.3, -0.25) is 0 Å². The molecule has 0 atom stereocenters. The highest BCUT2D eigenvalue weighted by Gasteiger charge is 2.33. The number of halogens is 1. The van der Waals surface area contributed by atoms with E-state index in [-0.39, 0.29) is 10.8 Å². The first kappa shape index (κ1) is 20.1. The van der Waals surface area contributed by atoms with Crippen molar-refractivity contribution < 1.29 is 12.9 Å². The maximum absolute atomic E-state index is 13.0. The van der Waals surface area contributed by atoms with Crippen molar-refractivity contribution in [2.75, 3.05) is 13.1 Å². The van der Waals surface area contributed by atoms with Crippen LogP contribution in [0.1, 0.15) is 35.7 Å². The zero-order chi connectivity index (χ0) is 20.6. The molecule has 1 saturated heterocycles. The van der Waals surface area contributed by atoms with Crippen molar-refractivity contribution in [1.29, 1.82) is 0 Å². The predicted molar refractivity (Wildman–Crippen MR) is 111 cm³/mol. The van der Waals surface area contributed by atoms with Gasteiger partial charge in [-0.15, -0.1) is 0 Å². The first-order chi connectivity index (χ1) is 13.9. The number of hydrogen-bond donors (Lipinski definition) is 0. The molecule has 0 unspecified atom stereocenters. The van der Waals surface area contributed by atoms with E-state index in [1.54, 1.807) is 25.1 Å². The number of aromatic nitrogens is 2. The van der Waals surface area contributed by atoms with E-state index >= 15 is 0 Å². The molecule has 2 heterocycles. The summed E-state index contributed by atoms with van der Waals surface area (Å²) in [4.78, 5) is 4.84. The van der Waals surface area contributed by atoms with E-state index in [2.05, 4.69) is 10.1 Å². The van der Waals surface area contributed by atoms with Crippen LogP contribution in [0.5, 0.6) is 0 Å². The van der Waals surface area contributed by atoms with E-state index in [0.29, 0.717) is 48.2 Å². The molecule has 0 bridgehead atoms. The molecule has 3 aromatic rings. The lowest BCUT2D eigenvalue weighted by atomic mass is 9.97. The molecule has 1 aromatic heterocycles. The molecule has 152 valence electrons. The minimum absolute atomic E-state index is 0.0726. The fourth-order valence-electron chi connectivity index (χ4n) is 3.68. The van der Waals surface area contributed by atoms with Crippen LogP contribution in [0, 0.1) is 13.8 Å². The Kier molecular flexibility index (Phi) is 5.46. The molecular formula is C21H22ClN3O3S. The Hall–Kier alpha value is -2.22. The average Bonchev–Trinajstić information content (AvgIpc) is 3.20. The first-order valence-electron chi connectivity index (χ1n) is 9.53. The highest BCUT2D eigenvalue weighted by Crippen LogP contribution is 2.32. The third-order valence-electron chi connectivity index (χ3n) is 5.47. The Labute approximate surface area is 175 Å². The second-order valence-corrected chi connectivity index (χ2v) is 9.63. The van der Waals surface area contributed by atoms with Gasteiger partial charge in [0.05, 0.1) is 4.90 Å². The van der Waals surface area contributed by atoms with Crippen LogP contribution < -0.4 is 0 Å². The molecule has 2 aromatic carbocycles. The van der Waals surface area contributed by atoms with Gasteiger partial charge in [-0.25, -0.2) is 8.42 Å². The summed E-state index contributed by atoms with van der Waals surface area (Å²) in [6.45, 7) is 4.55. The maximum atomic E-state index is 13.0. The molecule has 1 fully saturated rings. The maximum Gasteiger partial charge on any atom is 0.258 e. The number of sulfonamides is 1. The summed E-state index contributed by atoms with van der Waals surface area (Å²) in [7, 11) is -3.58. The average molecular weight is 432 g/mol. The van der Waals surface area contributed by atoms with Gasteiger partial charge in [0.1, 0.15) is 0 Å². The number of rotatable bonds is 4.